The molecule has 1 aromatic carbocycles. The van der Waals surface area contributed by atoms with E-state index in [-0.39, 0.29) is 5.78 Å². The lowest BCUT2D eigenvalue weighted by molar-refractivity contribution is -0.884. The van der Waals surface area contributed by atoms with Crippen LogP contribution in [0.2, 0.25) is 0 Å². The number of nitrogens with zero attached hydrogens (tertiary/aromatic N) is 1. The number of carboxylic acids is 3. The van der Waals surface area contributed by atoms with Crippen molar-refractivity contribution in [2.75, 3.05) is 14.1 Å². The summed E-state index contributed by atoms with van der Waals surface area (Å²) in [7, 11) is 4.26. The summed E-state index contributed by atoms with van der Waals surface area (Å²) in [6, 6.07) is 13.7. The first kappa shape index (κ1) is 26.5. The molecule has 10 heteroatoms. The van der Waals surface area contributed by atoms with Crippen molar-refractivity contribution in [3.8, 4) is 0 Å². The summed E-state index contributed by atoms with van der Waals surface area (Å²) in [6.45, 7) is 3.04. The second kappa shape index (κ2) is 11.8. The van der Waals surface area contributed by atoms with E-state index in [1.165, 1.54) is 4.90 Å². The van der Waals surface area contributed by atoms with Crippen molar-refractivity contribution in [3.05, 3.63) is 59.9 Å². The molecule has 0 aliphatic rings. The van der Waals surface area contributed by atoms with Gasteiger partial charge < -0.3 is 34.7 Å². The van der Waals surface area contributed by atoms with E-state index in [0.29, 0.717) is 6.04 Å². The van der Waals surface area contributed by atoms with Gasteiger partial charge in [-0.1, -0.05) is 30.3 Å². The van der Waals surface area contributed by atoms with E-state index in [1.54, 1.807) is 0 Å². The molecule has 1 unspecified atom stereocenters. The monoisotopic (exact) mass is 448 g/mol. The van der Waals surface area contributed by atoms with Gasteiger partial charge in [0.2, 0.25) is 5.78 Å². The molecule has 2 rings (SSSR count). The van der Waals surface area contributed by atoms with Crippen LogP contribution < -0.4 is 10.0 Å². The van der Waals surface area contributed by atoms with E-state index in [1.807, 2.05) is 53.2 Å². The lowest BCUT2D eigenvalue weighted by Gasteiger charge is -2.25. The second-order valence-corrected chi connectivity index (χ2v) is 7.68. The Hall–Kier alpha value is -3.50. The van der Waals surface area contributed by atoms with E-state index in [9.17, 15) is 24.3 Å². The molecule has 0 spiro atoms. The van der Waals surface area contributed by atoms with Crippen molar-refractivity contribution in [2.45, 2.75) is 38.0 Å². The van der Waals surface area contributed by atoms with Crippen molar-refractivity contribution in [2.24, 2.45) is 0 Å². The van der Waals surface area contributed by atoms with E-state index in [4.69, 9.17) is 15.3 Å². The SMILES string of the molecule is CC(Cn1cccc1C(=O)c1ccccc1)[NH+](C)C.O=C(O)CC(O)(CC(=O)O)C(=O)[O-]. The highest BCUT2D eigenvalue weighted by Gasteiger charge is 2.34. The summed E-state index contributed by atoms with van der Waals surface area (Å²) >= 11 is 0. The molecule has 1 aromatic heterocycles. The zero-order valence-electron chi connectivity index (χ0n) is 18.1. The molecule has 0 aliphatic carbocycles. The third-order valence-electron chi connectivity index (χ3n) is 4.82. The number of rotatable bonds is 10. The standard InChI is InChI=1S/C16H20N2O.C6H8O7/c1-13(17(2)3)12-18-11-7-10-15(18)16(19)14-8-5-4-6-9-14;7-3(8)1-6(13,5(11)12)2-4(9)10/h4-11,13H,12H2,1-3H3;13H,1-2H2,(H,7,8)(H,9,10)(H,11,12). The molecule has 0 bridgehead atoms. The molecule has 1 heterocycles. The van der Waals surface area contributed by atoms with Crippen molar-refractivity contribution < 1.29 is 44.5 Å². The molecule has 0 saturated heterocycles. The van der Waals surface area contributed by atoms with Crippen molar-refractivity contribution in [1.82, 2.24) is 4.57 Å². The van der Waals surface area contributed by atoms with Gasteiger partial charge in [-0.25, -0.2) is 0 Å². The Morgan fingerprint density at radius 1 is 1.00 bits per heavy atom. The normalized spacial score (nSPS) is 11.9. The van der Waals surface area contributed by atoms with E-state index >= 15 is 0 Å². The Balaban J connectivity index is 0.000000347. The van der Waals surface area contributed by atoms with Gasteiger partial charge in [0, 0.05) is 11.8 Å². The molecule has 0 fully saturated rings. The van der Waals surface area contributed by atoms with Crippen LogP contribution in [0.5, 0.6) is 0 Å². The number of likely N-dealkylation sites (N-methyl/N-ethyl adjacent to an activating group) is 1. The van der Waals surface area contributed by atoms with Gasteiger partial charge >= 0.3 is 11.9 Å². The van der Waals surface area contributed by atoms with Gasteiger partial charge in [-0.15, -0.1) is 0 Å². The Morgan fingerprint density at radius 2 is 1.53 bits per heavy atom. The number of aliphatic carboxylic acids is 3. The minimum atomic E-state index is -2.85. The topological polar surface area (TPSA) is 161 Å². The number of aliphatic hydroxyl groups is 1. The molecule has 0 saturated carbocycles. The molecule has 0 aliphatic heterocycles. The Kier molecular flexibility index (Phi) is 9.76. The second-order valence-electron chi connectivity index (χ2n) is 7.68. The number of carbonyl (C=O) groups excluding carboxylic acids is 2. The molecule has 32 heavy (non-hydrogen) atoms. The zero-order chi connectivity index (χ0) is 24.5. The molecule has 0 amide bonds. The molecule has 174 valence electrons. The number of ketones is 1. The van der Waals surface area contributed by atoms with E-state index in [2.05, 4.69) is 21.0 Å². The first-order valence-corrected chi connectivity index (χ1v) is 9.79. The van der Waals surface area contributed by atoms with Gasteiger partial charge in [0.25, 0.3) is 0 Å². The summed E-state index contributed by atoms with van der Waals surface area (Å²) < 4.78 is 2.05. The van der Waals surface area contributed by atoms with Gasteiger partial charge in [0.15, 0.2) is 0 Å². The summed E-state index contributed by atoms with van der Waals surface area (Å²) in [4.78, 5) is 44.2. The Labute approximate surface area is 185 Å². The molecular weight excluding hydrogens is 420 g/mol. The summed E-state index contributed by atoms with van der Waals surface area (Å²) in [5.41, 5.74) is -1.34. The number of hydrogen-bond donors (Lipinski definition) is 4. The molecular formula is C22H28N2O8. The molecule has 1 atom stereocenters. The van der Waals surface area contributed by atoms with Crippen LogP contribution in [0.4, 0.5) is 0 Å². The summed E-state index contributed by atoms with van der Waals surface area (Å²) in [6.07, 6.45) is -0.432. The molecule has 2 aromatic rings. The predicted octanol–water partition coefficient (Wildman–Crippen LogP) is -1.33. The Morgan fingerprint density at radius 3 is 1.97 bits per heavy atom. The lowest BCUT2D eigenvalue weighted by Crippen LogP contribution is -3.10. The van der Waals surface area contributed by atoms with Crippen LogP contribution in [0.3, 0.4) is 0 Å². The molecule has 4 N–H and O–H groups in total. The number of quaternary nitrogens is 1. The number of benzene rings is 1. The maximum absolute atomic E-state index is 12.5. The fourth-order valence-corrected chi connectivity index (χ4v) is 2.70. The average molecular weight is 448 g/mol. The minimum absolute atomic E-state index is 0.0894. The van der Waals surface area contributed by atoms with E-state index < -0.39 is 36.4 Å². The Bertz CT molecular complexity index is 920. The summed E-state index contributed by atoms with van der Waals surface area (Å²) in [5, 5.41) is 35.5. The number of carbonyl (C=O) groups is 4. The average Bonchev–Trinajstić information content (AvgIpc) is 3.15. The number of nitrogens with one attached hydrogen (secondary N) is 1. The third-order valence-corrected chi connectivity index (χ3v) is 4.82. The van der Waals surface area contributed by atoms with Crippen LogP contribution in [0.1, 0.15) is 35.8 Å². The first-order valence-electron chi connectivity index (χ1n) is 9.79. The molecule has 0 radical (unpaired) electrons. The highest BCUT2D eigenvalue weighted by atomic mass is 16.4. The smallest absolute Gasteiger partial charge is 0.306 e. The summed E-state index contributed by atoms with van der Waals surface area (Å²) in [5.74, 6) is -5.26. The van der Waals surface area contributed by atoms with Gasteiger partial charge in [-0.05, 0) is 19.1 Å². The van der Waals surface area contributed by atoms with Gasteiger partial charge in [-0.3, -0.25) is 14.4 Å². The van der Waals surface area contributed by atoms with Crippen LogP contribution in [0, 0.1) is 0 Å². The number of carboxylic acid groups (broad SMARTS) is 3. The predicted molar refractivity (Wildman–Crippen MR) is 111 cm³/mol. The minimum Gasteiger partial charge on any atom is -0.547 e. The van der Waals surface area contributed by atoms with Gasteiger partial charge in [-0.2, -0.15) is 0 Å². The first-order chi connectivity index (χ1) is 14.9. The van der Waals surface area contributed by atoms with E-state index in [0.717, 1.165) is 17.8 Å². The van der Waals surface area contributed by atoms with Crippen molar-refractivity contribution >= 4 is 23.7 Å². The quantitative estimate of drug-likeness (QED) is 0.325. The van der Waals surface area contributed by atoms with Crippen LogP contribution >= 0.6 is 0 Å². The fourth-order valence-electron chi connectivity index (χ4n) is 2.70. The highest BCUT2D eigenvalue weighted by molar-refractivity contribution is 6.07. The lowest BCUT2D eigenvalue weighted by atomic mass is 9.96. The maximum atomic E-state index is 12.5. The largest absolute Gasteiger partial charge is 0.547 e. The zero-order valence-corrected chi connectivity index (χ0v) is 18.1. The van der Waals surface area contributed by atoms with Crippen LogP contribution in [0.15, 0.2) is 48.7 Å². The van der Waals surface area contributed by atoms with Crippen LogP contribution in [-0.2, 0) is 20.9 Å². The number of aromatic nitrogens is 1. The van der Waals surface area contributed by atoms with Crippen LogP contribution in [0.25, 0.3) is 0 Å². The fraction of sp³-hybridized carbons (Fsp3) is 0.364. The number of hydrogen-bond acceptors (Lipinski definition) is 6. The van der Waals surface area contributed by atoms with Crippen molar-refractivity contribution in [3.63, 3.8) is 0 Å². The van der Waals surface area contributed by atoms with Crippen LogP contribution in [-0.4, -0.2) is 69.3 Å². The highest BCUT2D eigenvalue weighted by Crippen LogP contribution is 2.14. The van der Waals surface area contributed by atoms with Gasteiger partial charge in [0.05, 0.1) is 45.1 Å². The molecule has 10 nitrogen and oxygen atoms in total. The van der Waals surface area contributed by atoms with Gasteiger partial charge in [0.1, 0.15) is 11.6 Å². The van der Waals surface area contributed by atoms with Crippen molar-refractivity contribution in [1.29, 1.82) is 0 Å². The maximum Gasteiger partial charge on any atom is 0.306 e. The third kappa shape index (κ3) is 7.97.